The molecule has 2 aliphatic rings. The second-order valence-electron chi connectivity index (χ2n) is 10.4. The molecule has 6 nitrogen and oxygen atoms in total. The Bertz CT molecular complexity index is 1460. The van der Waals surface area contributed by atoms with Crippen molar-refractivity contribution in [3.05, 3.63) is 88.7 Å². The number of aromatic hydroxyl groups is 1. The van der Waals surface area contributed by atoms with Crippen molar-refractivity contribution in [3.63, 3.8) is 0 Å². The molecule has 1 saturated heterocycles. The van der Waals surface area contributed by atoms with Gasteiger partial charge in [-0.25, -0.2) is 12.8 Å². The minimum atomic E-state index is -2.68. The first-order chi connectivity index (χ1) is 18.7. The zero-order valence-corrected chi connectivity index (χ0v) is 23.3. The van der Waals surface area contributed by atoms with Crippen LogP contribution in [0.4, 0.5) is 4.39 Å². The molecule has 2 aliphatic heterocycles. The van der Waals surface area contributed by atoms with Crippen molar-refractivity contribution in [2.75, 3.05) is 13.2 Å². The Labute approximate surface area is 230 Å². The van der Waals surface area contributed by atoms with Crippen LogP contribution in [-0.2, 0) is 16.5 Å². The highest BCUT2D eigenvalue weighted by Gasteiger charge is 2.33. The first-order valence-electron chi connectivity index (χ1n) is 13.3. The molecule has 8 heteroatoms. The molecule has 0 aromatic heterocycles. The molecule has 3 aromatic carbocycles. The normalized spacial score (nSPS) is 20.1. The third-order valence-corrected chi connectivity index (χ3v) is 8.42. The molecule has 0 aliphatic carbocycles. The predicted octanol–water partition coefficient (Wildman–Crippen LogP) is 5.96. The zero-order chi connectivity index (χ0) is 27.7. The lowest BCUT2D eigenvalue weighted by Gasteiger charge is -2.32. The number of thiol groups is 1. The maximum Gasteiger partial charge on any atom is 0.176 e. The Morgan fingerprint density at radius 3 is 2.56 bits per heavy atom. The topological polar surface area (TPSA) is 76.1 Å². The van der Waals surface area contributed by atoms with Crippen LogP contribution in [0.3, 0.4) is 0 Å². The van der Waals surface area contributed by atoms with E-state index in [0.29, 0.717) is 46.7 Å². The lowest BCUT2D eigenvalue weighted by Crippen LogP contribution is -2.39. The van der Waals surface area contributed by atoms with Crippen LogP contribution in [0.2, 0.25) is 0 Å². The van der Waals surface area contributed by atoms with Crippen molar-refractivity contribution in [1.82, 2.24) is 4.90 Å². The van der Waals surface area contributed by atoms with E-state index in [9.17, 15) is 13.5 Å². The Hall–Kier alpha value is -3.36. The number of phenols is 1. The maximum absolute atomic E-state index is 15.1. The molecule has 0 bridgehead atoms. The molecule has 5 rings (SSSR count). The third-order valence-electron chi connectivity index (χ3n) is 7.82. The van der Waals surface area contributed by atoms with Gasteiger partial charge in [0, 0.05) is 17.7 Å². The molecule has 0 spiro atoms. The van der Waals surface area contributed by atoms with Gasteiger partial charge in [-0.15, -0.1) is 0 Å². The lowest BCUT2D eigenvalue weighted by atomic mass is 9.84. The van der Waals surface area contributed by atoms with E-state index in [1.54, 1.807) is 25.1 Å². The summed E-state index contributed by atoms with van der Waals surface area (Å²) < 4.78 is 50.9. The molecule has 1 unspecified atom stereocenters. The SMILES string of the molecule is CC1=C(c2ccccc2C[SH](=O)=O)C(c2ccc(OC[C@H](C)N3CCC[C@H]3C)cc2)Oc2ccc(O)c(F)c21. The van der Waals surface area contributed by atoms with E-state index < -0.39 is 28.4 Å². The third kappa shape index (κ3) is 5.54. The molecule has 1 N–H and O–H groups in total. The van der Waals surface area contributed by atoms with Crippen molar-refractivity contribution in [2.24, 2.45) is 0 Å². The fraction of sp³-hybridized carbons (Fsp3) is 0.355. The summed E-state index contributed by atoms with van der Waals surface area (Å²) in [5, 5.41) is 10.1. The molecular formula is C31H34FNO5S. The van der Waals surface area contributed by atoms with Gasteiger partial charge in [0.05, 0.1) is 11.3 Å². The standard InChI is InChI=1S/C31H34FNO5S/c1-19-7-6-16-33(19)20(2)17-37-24-12-10-22(11-13-24)31-28(25-9-5-4-8-23(25)18-39(35)36)21(3)29-27(38-31)15-14-26(34)30(29)32/h4-5,8-15,19-20,31,34,39H,6-7,16-18H2,1-3H3/t19-,20+,31?/m1/s1. The summed E-state index contributed by atoms with van der Waals surface area (Å²) in [6, 6.07) is 18.6. The summed E-state index contributed by atoms with van der Waals surface area (Å²) in [4.78, 5) is 2.48. The highest BCUT2D eigenvalue weighted by Crippen LogP contribution is 2.49. The number of fused-ring (bicyclic) bond motifs is 1. The smallest absolute Gasteiger partial charge is 0.176 e. The Morgan fingerprint density at radius 2 is 1.87 bits per heavy atom. The van der Waals surface area contributed by atoms with Crippen molar-refractivity contribution >= 4 is 21.9 Å². The van der Waals surface area contributed by atoms with Crippen molar-refractivity contribution in [3.8, 4) is 17.2 Å². The first-order valence-corrected chi connectivity index (χ1v) is 14.7. The molecule has 0 radical (unpaired) electrons. The Kier molecular flexibility index (Phi) is 7.96. The van der Waals surface area contributed by atoms with Gasteiger partial charge in [0.15, 0.2) is 11.6 Å². The fourth-order valence-corrected chi connectivity index (χ4v) is 6.37. The first kappa shape index (κ1) is 27.2. The summed E-state index contributed by atoms with van der Waals surface area (Å²) >= 11 is 0. The van der Waals surface area contributed by atoms with Gasteiger partial charge in [-0.2, -0.15) is 0 Å². The van der Waals surface area contributed by atoms with Crippen LogP contribution >= 0.6 is 0 Å². The second-order valence-corrected chi connectivity index (χ2v) is 11.4. The van der Waals surface area contributed by atoms with E-state index >= 15 is 4.39 Å². The van der Waals surface area contributed by atoms with Crippen LogP contribution in [0.1, 0.15) is 62.0 Å². The molecule has 39 heavy (non-hydrogen) atoms. The van der Waals surface area contributed by atoms with Crippen molar-refractivity contribution < 1.29 is 27.4 Å². The van der Waals surface area contributed by atoms with Gasteiger partial charge in [-0.3, -0.25) is 4.90 Å². The molecule has 1 fully saturated rings. The molecule has 3 aromatic rings. The van der Waals surface area contributed by atoms with Gasteiger partial charge in [0.1, 0.15) is 34.9 Å². The van der Waals surface area contributed by atoms with Gasteiger partial charge in [0.25, 0.3) is 0 Å². The number of rotatable bonds is 8. The fourth-order valence-electron chi connectivity index (χ4n) is 5.81. The minimum absolute atomic E-state index is 0.148. The number of ether oxygens (including phenoxy) is 2. The summed E-state index contributed by atoms with van der Waals surface area (Å²) in [7, 11) is -2.68. The van der Waals surface area contributed by atoms with Gasteiger partial charge in [0.2, 0.25) is 0 Å². The van der Waals surface area contributed by atoms with E-state index in [0.717, 1.165) is 17.9 Å². The van der Waals surface area contributed by atoms with Crippen LogP contribution in [0.25, 0.3) is 11.1 Å². The number of likely N-dealkylation sites (tertiary alicyclic amines) is 1. The number of hydrogen-bond donors (Lipinski definition) is 2. The van der Waals surface area contributed by atoms with Crippen molar-refractivity contribution in [2.45, 2.75) is 57.6 Å². The molecule has 2 heterocycles. The predicted molar refractivity (Wildman–Crippen MR) is 151 cm³/mol. The highest BCUT2D eigenvalue weighted by molar-refractivity contribution is 7.71. The molecule has 0 saturated carbocycles. The number of benzene rings is 3. The van der Waals surface area contributed by atoms with Gasteiger partial charge in [-0.1, -0.05) is 36.4 Å². The molecule has 3 atom stereocenters. The van der Waals surface area contributed by atoms with Crippen LogP contribution in [-0.4, -0.2) is 43.7 Å². The Balaban J connectivity index is 1.49. The number of allylic oxidation sites excluding steroid dienone is 1. The van der Waals surface area contributed by atoms with Crippen molar-refractivity contribution in [1.29, 1.82) is 0 Å². The quantitative estimate of drug-likeness (QED) is 0.337. The lowest BCUT2D eigenvalue weighted by molar-refractivity contribution is 0.141. The monoisotopic (exact) mass is 551 g/mol. The minimum Gasteiger partial charge on any atom is -0.505 e. The van der Waals surface area contributed by atoms with E-state index in [-0.39, 0.29) is 11.3 Å². The van der Waals surface area contributed by atoms with E-state index in [1.807, 2.05) is 36.4 Å². The summed E-state index contributed by atoms with van der Waals surface area (Å²) in [6.07, 6.45) is 1.82. The molecular weight excluding hydrogens is 517 g/mol. The van der Waals surface area contributed by atoms with Gasteiger partial charge < -0.3 is 14.6 Å². The zero-order valence-electron chi connectivity index (χ0n) is 22.4. The molecule has 0 amide bonds. The van der Waals surface area contributed by atoms with Crippen LogP contribution in [0.15, 0.2) is 60.7 Å². The Morgan fingerprint density at radius 1 is 1.13 bits per heavy atom. The maximum atomic E-state index is 15.1. The molecule has 206 valence electrons. The number of hydrogen-bond acceptors (Lipinski definition) is 6. The van der Waals surface area contributed by atoms with Crippen LogP contribution in [0, 0.1) is 5.82 Å². The average Bonchev–Trinajstić information content (AvgIpc) is 3.35. The number of phenolic OH excluding ortho intramolecular Hbond substituents is 1. The summed E-state index contributed by atoms with van der Waals surface area (Å²) in [6.45, 7) is 7.91. The summed E-state index contributed by atoms with van der Waals surface area (Å²) in [5.74, 6) is -0.318. The number of halogens is 1. The highest BCUT2D eigenvalue weighted by atomic mass is 32.2. The van der Waals surface area contributed by atoms with Gasteiger partial charge in [-0.05, 0) is 86.7 Å². The average molecular weight is 552 g/mol. The van der Waals surface area contributed by atoms with Gasteiger partial charge >= 0.3 is 0 Å². The van der Waals surface area contributed by atoms with E-state index in [1.165, 1.54) is 18.9 Å². The van der Waals surface area contributed by atoms with E-state index in [2.05, 4.69) is 18.7 Å². The number of nitrogens with zero attached hydrogens (tertiary/aromatic N) is 1. The van der Waals surface area contributed by atoms with Crippen LogP contribution in [0.5, 0.6) is 17.2 Å². The van der Waals surface area contributed by atoms with Crippen LogP contribution < -0.4 is 9.47 Å². The van der Waals surface area contributed by atoms with E-state index in [4.69, 9.17) is 9.47 Å². The summed E-state index contributed by atoms with van der Waals surface area (Å²) in [5.41, 5.74) is 3.50. The second kappa shape index (κ2) is 11.4. The largest absolute Gasteiger partial charge is 0.505 e.